The summed E-state index contributed by atoms with van der Waals surface area (Å²) in [6.45, 7) is 0. The summed E-state index contributed by atoms with van der Waals surface area (Å²) >= 11 is 0. The number of hydrogen-bond acceptors (Lipinski definition) is 2. The van der Waals surface area contributed by atoms with E-state index in [0.717, 1.165) is 11.3 Å². The quantitative estimate of drug-likeness (QED) is 0.719. The normalized spacial score (nSPS) is 16.8. The maximum Gasteiger partial charge on any atom is 0.0629 e. The second-order valence-electron chi connectivity index (χ2n) is 4.12. The lowest BCUT2D eigenvalue weighted by molar-refractivity contribution is 0.561. The Hall–Kier alpha value is -2.09. The molecular formula is C15H16N2. The van der Waals surface area contributed by atoms with Crippen LogP contribution in [0.15, 0.2) is 70.9 Å². The Morgan fingerprint density at radius 3 is 2.59 bits per heavy atom. The number of para-hydroxylation sites is 1. The fraction of sp³-hybridized carbons (Fsp3) is 0.133. The van der Waals surface area contributed by atoms with Crippen molar-refractivity contribution in [3.8, 4) is 0 Å². The zero-order chi connectivity index (χ0) is 12.1. The molecule has 0 radical (unpaired) electrons. The Morgan fingerprint density at radius 1 is 1.12 bits per heavy atom. The van der Waals surface area contributed by atoms with E-state index in [2.05, 4.69) is 23.3 Å². The molecule has 0 amide bonds. The first-order valence-electron chi connectivity index (χ1n) is 5.62. The second kappa shape index (κ2) is 5.30. The molecule has 1 aliphatic rings. The predicted molar refractivity (Wildman–Crippen MR) is 73.6 cm³/mol. The van der Waals surface area contributed by atoms with Gasteiger partial charge in [-0.15, -0.1) is 0 Å². The number of hydrogen-bond donors (Lipinski definition) is 0. The summed E-state index contributed by atoms with van der Waals surface area (Å²) in [6.07, 6.45) is 10.2. The third-order valence-corrected chi connectivity index (χ3v) is 2.39. The van der Waals surface area contributed by atoms with Crippen molar-refractivity contribution in [2.24, 2.45) is 4.99 Å². The summed E-state index contributed by atoms with van der Waals surface area (Å²) in [5.74, 6) is 0. The van der Waals surface area contributed by atoms with E-state index in [1.54, 1.807) is 0 Å². The third-order valence-electron chi connectivity index (χ3n) is 2.39. The number of nitrogens with zero attached hydrogens (tertiary/aromatic N) is 2. The lowest BCUT2D eigenvalue weighted by atomic mass is 10.1. The highest BCUT2D eigenvalue weighted by atomic mass is 15.0. The standard InChI is InChI=1S/C15H16N2/c1-17(2)12-14-8-6-7-13(14)11-16-15-9-4-3-5-10-15/h3-12H,1-2H3/b14-12+,16-11-. The van der Waals surface area contributed by atoms with Crippen LogP contribution < -0.4 is 0 Å². The fourth-order valence-corrected chi connectivity index (χ4v) is 1.62. The lowest BCUT2D eigenvalue weighted by Crippen LogP contribution is -2.02. The molecule has 0 saturated heterocycles. The van der Waals surface area contributed by atoms with E-state index in [0.29, 0.717) is 0 Å². The molecule has 0 bridgehead atoms. The van der Waals surface area contributed by atoms with Gasteiger partial charge in [0, 0.05) is 32.1 Å². The molecule has 2 rings (SSSR count). The molecule has 2 heteroatoms. The molecule has 0 atom stereocenters. The van der Waals surface area contributed by atoms with Gasteiger partial charge < -0.3 is 4.90 Å². The second-order valence-corrected chi connectivity index (χ2v) is 4.12. The minimum absolute atomic E-state index is 0.976. The van der Waals surface area contributed by atoms with Crippen molar-refractivity contribution >= 4 is 11.9 Å². The number of allylic oxidation sites excluding steroid dienone is 5. The van der Waals surface area contributed by atoms with E-state index in [-0.39, 0.29) is 0 Å². The Balaban J connectivity index is 2.13. The van der Waals surface area contributed by atoms with Crippen molar-refractivity contribution in [3.63, 3.8) is 0 Å². The first-order chi connectivity index (χ1) is 8.25. The van der Waals surface area contributed by atoms with E-state index < -0.39 is 0 Å². The lowest BCUT2D eigenvalue weighted by Gasteiger charge is -2.07. The monoisotopic (exact) mass is 224 g/mol. The molecule has 1 aliphatic carbocycles. The summed E-state index contributed by atoms with van der Waals surface area (Å²) in [5, 5.41) is 0. The first-order valence-corrected chi connectivity index (χ1v) is 5.62. The van der Waals surface area contributed by atoms with Crippen molar-refractivity contribution in [1.29, 1.82) is 0 Å². The molecule has 1 aromatic rings. The van der Waals surface area contributed by atoms with Gasteiger partial charge in [0.05, 0.1) is 5.69 Å². The zero-order valence-corrected chi connectivity index (χ0v) is 10.2. The Labute approximate surface area is 102 Å². The SMILES string of the molecule is CN(C)/C=C1\C=CC=C1/C=N\c1ccccc1. The molecule has 2 nitrogen and oxygen atoms in total. The summed E-state index contributed by atoms with van der Waals surface area (Å²) in [6, 6.07) is 9.96. The van der Waals surface area contributed by atoms with Crippen LogP contribution in [0.2, 0.25) is 0 Å². The van der Waals surface area contributed by atoms with Gasteiger partial charge in [-0.2, -0.15) is 0 Å². The molecule has 0 aliphatic heterocycles. The van der Waals surface area contributed by atoms with E-state index in [9.17, 15) is 0 Å². The average Bonchev–Trinajstić information content (AvgIpc) is 2.74. The molecule has 17 heavy (non-hydrogen) atoms. The van der Waals surface area contributed by atoms with Crippen LogP contribution in [-0.4, -0.2) is 25.2 Å². The molecule has 1 aromatic carbocycles. The highest BCUT2D eigenvalue weighted by Gasteiger charge is 2.03. The van der Waals surface area contributed by atoms with Gasteiger partial charge in [0.2, 0.25) is 0 Å². The average molecular weight is 224 g/mol. The molecule has 0 unspecified atom stereocenters. The van der Waals surface area contributed by atoms with Crippen molar-refractivity contribution in [2.45, 2.75) is 0 Å². The molecule has 0 heterocycles. The minimum atomic E-state index is 0.976. The molecular weight excluding hydrogens is 208 g/mol. The smallest absolute Gasteiger partial charge is 0.0629 e. The fourth-order valence-electron chi connectivity index (χ4n) is 1.62. The first kappa shape index (κ1) is 11.4. The van der Waals surface area contributed by atoms with Gasteiger partial charge in [0.15, 0.2) is 0 Å². The van der Waals surface area contributed by atoms with Gasteiger partial charge in [0.25, 0.3) is 0 Å². The molecule has 0 spiro atoms. The maximum absolute atomic E-state index is 4.45. The van der Waals surface area contributed by atoms with Crippen LogP contribution in [0.3, 0.4) is 0 Å². The molecule has 0 fully saturated rings. The third kappa shape index (κ3) is 3.18. The van der Waals surface area contributed by atoms with Crippen LogP contribution in [0, 0.1) is 0 Å². The molecule has 0 saturated carbocycles. The largest absolute Gasteiger partial charge is 0.383 e. The van der Waals surface area contributed by atoms with Crippen molar-refractivity contribution in [3.05, 3.63) is 65.9 Å². The number of rotatable bonds is 3. The van der Waals surface area contributed by atoms with Crippen molar-refractivity contribution in [1.82, 2.24) is 4.90 Å². The van der Waals surface area contributed by atoms with Crippen molar-refractivity contribution < 1.29 is 0 Å². The Kier molecular flexibility index (Phi) is 3.55. The van der Waals surface area contributed by atoms with E-state index in [4.69, 9.17) is 0 Å². The Morgan fingerprint density at radius 2 is 1.88 bits per heavy atom. The van der Waals surface area contributed by atoms with Crippen LogP contribution in [0.25, 0.3) is 0 Å². The highest BCUT2D eigenvalue weighted by Crippen LogP contribution is 2.18. The summed E-state index contributed by atoms with van der Waals surface area (Å²) in [7, 11) is 4.04. The molecule has 0 N–H and O–H groups in total. The summed E-state index contributed by atoms with van der Waals surface area (Å²) < 4.78 is 0. The zero-order valence-electron chi connectivity index (χ0n) is 10.2. The maximum atomic E-state index is 4.45. The minimum Gasteiger partial charge on any atom is -0.383 e. The van der Waals surface area contributed by atoms with Gasteiger partial charge >= 0.3 is 0 Å². The van der Waals surface area contributed by atoms with Crippen LogP contribution >= 0.6 is 0 Å². The predicted octanol–water partition coefficient (Wildman–Crippen LogP) is 3.33. The van der Waals surface area contributed by atoms with Gasteiger partial charge in [-0.1, -0.05) is 36.4 Å². The van der Waals surface area contributed by atoms with Gasteiger partial charge in [-0.3, -0.25) is 4.99 Å². The van der Waals surface area contributed by atoms with Crippen LogP contribution in [-0.2, 0) is 0 Å². The Bertz CT molecular complexity index is 491. The van der Waals surface area contributed by atoms with Crippen LogP contribution in [0.4, 0.5) is 5.69 Å². The van der Waals surface area contributed by atoms with E-state index in [1.807, 2.05) is 61.6 Å². The van der Waals surface area contributed by atoms with Gasteiger partial charge in [-0.25, -0.2) is 0 Å². The molecule has 86 valence electrons. The van der Waals surface area contributed by atoms with Gasteiger partial charge in [-0.05, 0) is 17.7 Å². The summed E-state index contributed by atoms with van der Waals surface area (Å²) in [4.78, 5) is 6.49. The van der Waals surface area contributed by atoms with Crippen molar-refractivity contribution in [2.75, 3.05) is 14.1 Å². The van der Waals surface area contributed by atoms with Crippen LogP contribution in [0.5, 0.6) is 0 Å². The van der Waals surface area contributed by atoms with E-state index >= 15 is 0 Å². The summed E-state index contributed by atoms with van der Waals surface area (Å²) in [5.41, 5.74) is 3.31. The van der Waals surface area contributed by atoms with E-state index in [1.165, 1.54) is 5.57 Å². The number of aliphatic imine (C=N–C) groups is 1. The van der Waals surface area contributed by atoms with Crippen LogP contribution in [0.1, 0.15) is 0 Å². The topological polar surface area (TPSA) is 15.6 Å². The highest BCUT2D eigenvalue weighted by molar-refractivity contribution is 5.89. The molecule has 0 aromatic heterocycles. The number of benzene rings is 1. The van der Waals surface area contributed by atoms with Gasteiger partial charge in [0.1, 0.15) is 0 Å².